The van der Waals surface area contributed by atoms with Crippen LogP contribution in [-0.2, 0) is 21.4 Å². The molecule has 0 atom stereocenters. The van der Waals surface area contributed by atoms with E-state index in [0.717, 1.165) is 11.1 Å². The average molecular weight is 375 g/mol. The number of benzene rings is 2. The largest absolute Gasteiger partial charge is 0.336 e. The summed E-state index contributed by atoms with van der Waals surface area (Å²) in [7, 11) is -3.60. The Morgan fingerprint density at radius 1 is 1.04 bits per heavy atom. The van der Waals surface area contributed by atoms with Gasteiger partial charge in [0.1, 0.15) is 0 Å². The maximum atomic E-state index is 12.5. The van der Waals surface area contributed by atoms with E-state index in [0.29, 0.717) is 6.54 Å². The highest BCUT2D eigenvalue weighted by atomic mass is 32.2. The van der Waals surface area contributed by atoms with Crippen LogP contribution in [0.1, 0.15) is 31.4 Å². The van der Waals surface area contributed by atoms with E-state index in [1.165, 1.54) is 0 Å². The molecule has 0 aromatic heterocycles. The van der Waals surface area contributed by atoms with Gasteiger partial charge in [0.05, 0.1) is 4.90 Å². The average Bonchev–Trinajstić information content (AvgIpc) is 2.60. The summed E-state index contributed by atoms with van der Waals surface area (Å²) in [5.74, 6) is -0.0736. The van der Waals surface area contributed by atoms with Crippen molar-refractivity contribution in [3.05, 3.63) is 65.7 Å². The van der Waals surface area contributed by atoms with Gasteiger partial charge in [0.15, 0.2) is 0 Å². The molecule has 0 heterocycles. The number of hydrogen-bond acceptors (Lipinski definition) is 3. The Hall–Kier alpha value is -2.18. The van der Waals surface area contributed by atoms with Crippen LogP contribution in [0.15, 0.2) is 59.5 Å². The van der Waals surface area contributed by atoms with Gasteiger partial charge in [-0.2, -0.15) is 0 Å². The normalized spacial score (nSPS) is 11.5. The van der Waals surface area contributed by atoms with Gasteiger partial charge in [0.25, 0.3) is 0 Å². The van der Waals surface area contributed by atoms with E-state index in [9.17, 15) is 13.2 Å². The summed E-state index contributed by atoms with van der Waals surface area (Å²) in [6.45, 7) is 6.40. The zero-order chi connectivity index (χ0) is 19.2. The van der Waals surface area contributed by atoms with Gasteiger partial charge in [0, 0.05) is 25.6 Å². The third-order valence-corrected chi connectivity index (χ3v) is 5.58. The maximum Gasteiger partial charge on any atom is 0.240 e. The number of nitrogens with one attached hydrogen (secondary N) is 1. The van der Waals surface area contributed by atoms with Crippen LogP contribution in [0.2, 0.25) is 0 Å². The lowest BCUT2D eigenvalue weighted by Gasteiger charge is -2.27. The fourth-order valence-corrected chi connectivity index (χ4v) is 3.61. The van der Waals surface area contributed by atoms with Crippen molar-refractivity contribution in [2.45, 2.75) is 44.7 Å². The number of rotatable bonds is 8. The van der Waals surface area contributed by atoms with Crippen LogP contribution < -0.4 is 4.72 Å². The molecule has 1 amide bonds. The Kier molecular flexibility index (Phi) is 6.94. The van der Waals surface area contributed by atoms with E-state index in [2.05, 4.69) is 4.72 Å². The van der Waals surface area contributed by atoms with Gasteiger partial charge in [-0.1, -0.05) is 48.0 Å². The van der Waals surface area contributed by atoms with Gasteiger partial charge in [-0.25, -0.2) is 13.1 Å². The van der Waals surface area contributed by atoms with Crippen molar-refractivity contribution < 1.29 is 13.2 Å². The molecule has 26 heavy (non-hydrogen) atoms. The van der Waals surface area contributed by atoms with E-state index in [1.807, 2.05) is 51.1 Å². The number of carbonyl (C=O) groups is 1. The Morgan fingerprint density at radius 3 is 2.23 bits per heavy atom. The second-order valence-corrected chi connectivity index (χ2v) is 8.33. The molecule has 5 nitrogen and oxygen atoms in total. The van der Waals surface area contributed by atoms with Crippen LogP contribution in [0.3, 0.4) is 0 Å². The molecule has 0 radical (unpaired) electrons. The molecule has 2 aromatic rings. The van der Waals surface area contributed by atoms with Crippen LogP contribution >= 0.6 is 0 Å². The zero-order valence-electron chi connectivity index (χ0n) is 15.5. The summed E-state index contributed by atoms with van der Waals surface area (Å²) in [5, 5.41) is 0. The van der Waals surface area contributed by atoms with Gasteiger partial charge in [-0.15, -0.1) is 0 Å². The van der Waals surface area contributed by atoms with E-state index in [1.54, 1.807) is 29.2 Å². The lowest BCUT2D eigenvalue weighted by atomic mass is 10.2. The van der Waals surface area contributed by atoms with Crippen molar-refractivity contribution in [3.8, 4) is 0 Å². The monoisotopic (exact) mass is 374 g/mol. The van der Waals surface area contributed by atoms with Crippen molar-refractivity contribution in [1.29, 1.82) is 0 Å². The molecular weight excluding hydrogens is 348 g/mol. The van der Waals surface area contributed by atoms with Crippen molar-refractivity contribution >= 4 is 15.9 Å². The fourth-order valence-electron chi connectivity index (χ4n) is 2.58. The van der Waals surface area contributed by atoms with Crippen molar-refractivity contribution in [3.63, 3.8) is 0 Å². The SMILES string of the molecule is Cc1ccc(S(=O)(=O)NCCC(=O)N(Cc2ccccc2)C(C)C)cc1. The van der Waals surface area contributed by atoms with Crippen molar-refractivity contribution in [2.24, 2.45) is 0 Å². The molecule has 0 bridgehead atoms. The maximum absolute atomic E-state index is 12.5. The minimum Gasteiger partial charge on any atom is -0.336 e. The van der Waals surface area contributed by atoms with Gasteiger partial charge in [0.2, 0.25) is 15.9 Å². The molecule has 0 aliphatic heterocycles. The second kappa shape index (κ2) is 8.96. The van der Waals surface area contributed by atoms with Crippen LogP contribution in [0.25, 0.3) is 0 Å². The van der Waals surface area contributed by atoms with Gasteiger partial charge >= 0.3 is 0 Å². The van der Waals surface area contributed by atoms with Crippen LogP contribution in [-0.4, -0.2) is 31.8 Å². The number of carbonyl (C=O) groups excluding carboxylic acids is 1. The number of hydrogen-bond donors (Lipinski definition) is 1. The molecule has 0 fully saturated rings. The number of nitrogens with zero attached hydrogens (tertiary/aromatic N) is 1. The predicted molar refractivity (Wildman–Crippen MR) is 103 cm³/mol. The fraction of sp³-hybridized carbons (Fsp3) is 0.350. The lowest BCUT2D eigenvalue weighted by Crippen LogP contribution is -2.38. The smallest absolute Gasteiger partial charge is 0.240 e. The number of aryl methyl sites for hydroxylation is 1. The van der Waals surface area contributed by atoms with Gasteiger partial charge in [-0.05, 0) is 38.5 Å². The first kappa shape index (κ1) is 20.1. The Labute approximate surface area is 156 Å². The third-order valence-electron chi connectivity index (χ3n) is 4.10. The first-order valence-electron chi connectivity index (χ1n) is 8.69. The highest BCUT2D eigenvalue weighted by Crippen LogP contribution is 2.12. The van der Waals surface area contributed by atoms with E-state index in [-0.39, 0.29) is 29.8 Å². The third kappa shape index (κ3) is 5.68. The molecule has 6 heteroatoms. The summed E-state index contributed by atoms with van der Waals surface area (Å²) in [6.07, 6.45) is 0.121. The number of sulfonamides is 1. The molecule has 2 aromatic carbocycles. The van der Waals surface area contributed by atoms with E-state index < -0.39 is 10.0 Å². The van der Waals surface area contributed by atoms with Crippen molar-refractivity contribution in [2.75, 3.05) is 6.54 Å². The van der Waals surface area contributed by atoms with Crippen molar-refractivity contribution in [1.82, 2.24) is 9.62 Å². The summed E-state index contributed by atoms with van der Waals surface area (Å²) >= 11 is 0. The summed E-state index contributed by atoms with van der Waals surface area (Å²) in [6, 6.07) is 16.4. The summed E-state index contributed by atoms with van der Waals surface area (Å²) < 4.78 is 27.1. The van der Waals surface area contributed by atoms with Crippen LogP contribution in [0, 0.1) is 6.92 Å². The standard InChI is InChI=1S/C20H26N2O3S/c1-16(2)22(15-18-7-5-4-6-8-18)20(23)13-14-21-26(24,25)19-11-9-17(3)10-12-19/h4-12,16,21H,13-15H2,1-3H3. The molecule has 140 valence electrons. The molecule has 1 N–H and O–H groups in total. The second-order valence-electron chi connectivity index (χ2n) is 6.56. The first-order valence-corrected chi connectivity index (χ1v) is 10.2. The molecule has 2 rings (SSSR count). The molecule has 0 saturated heterocycles. The van der Waals surface area contributed by atoms with E-state index in [4.69, 9.17) is 0 Å². The molecule has 0 saturated carbocycles. The highest BCUT2D eigenvalue weighted by molar-refractivity contribution is 7.89. The number of amides is 1. The Bertz CT molecular complexity index is 816. The molecule has 0 aliphatic carbocycles. The Balaban J connectivity index is 1.94. The topological polar surface area (TPSA) is 66.5 Å². The Morgan fingerprint density at radius 2 is 1.65 bits per heavy atom. The predicted octanol–water partition coefficient (Wildman–Crippen LogP) is 3.10. The summed E-state index contributed by atoms with van der Waals surface area (Å²) in [5.41, 5.74) is 2.04. The summed E-state index contributed by atoms with van der Waals surface area (Å²) in [4.78, 5) is 14.5. The minimum absolute atomic E-state index is 0.0383. The lowest BCUT2D eigenvalue weighted by molar-refractivity contribution is -0.133. The quantitative estimate of drug-likeness (QED) is 0.772. The zero-order valence-corrected chi connectivity index (χ0v) is 16.3. The highest BCUT2D eigenvalue weighted by Gasteiger charge is 2.19. The van der Waals surface area contributed by atoms with Gasteiger partial charge < -0.3 is 4.90 Å². The molecule has 0 spiro atoms. The van der Waals surface area contributed by atoms with Crippen LogP contribution in [0.4, 0.5) is 0 Å². The van der Waals surface area contributed by atoms with Crippen LogP contribution in [0.5, 0.6) is 0 Å². The molecule has 0 aliphatic rings. The minimum atomic E-state index is -3.60. The van der Waals surface area contributed by atoms with E-state index >= 15 is 0 Å². The first-order chi connectivity index (χ1) is 12.3. The molecular formula is C20H26N2O3S. The van der Waals surface area contributed by atoms with Gasteiger partial charge in [-0.3, -0.25) is 4.79 Å². The molecule has 0 unspecified atom stereocenters.